The lowest BCUT2D eigenvalue weighted by Gasteiger charge is -2.08. The predicted molar refractivity (Wildman–Crippen MR) is 119 cm³/mol. The van der Waals surface area contributed by atoms with Gasteiger partial charge in [0.1, 0.15) is 15.8 Å². The Balaban J connectivity index is 1.69. The molecule has 3 rings (SSSR count). The number of primary amides is 1. The number of halogens is 3. The standard InChI is InChI=1S/C20H18F3N3O5S3/c21-20(22,23)34(30,31)13-3-1-11(2-4-13)7-12(28)8-17-26-15(10-32-17)19-14(5-6-16(24)29)25-18(9-27)33-19/h1-4,10,27H,5-9H2,(H2,24,29). The molecule has 8 nitrogen and oxygen atoms in total. The summed E-state index contributed by atoms with van der Waals surface area (Å²) < 4.78 is 60.8. The monoisotopic (exact) mass is 533 g/mol. The maximum atomic E-state index is 12.6. The van der Waals surface area contributed by atoms with Gasteiger partial charge in [0.25, 0.3) is 9.84 Å². The van der Waals surface area contributed by atoms with Crippen molar-refractivity contribution in [2.24, 2.45) is 5.73 Å². The number of amides is 1. The highest BCUT2D eigenvalue weighted by Gasteiger charge is 2.46. The molecule has 182 valence electrons. The summed E-state index contributed by atoms with van der Waals surface area (Å²) in [6, 6.07) is 3.98. The van der Waals surface area contributed by atoms with Crippen molar-refractivity contribution in [1.29, 1.82) is 0 Å². The number of aliphatic hydroxyl groups excluding tert-OH is 1. The van der Waals surface area contributed by atoms with Crippen molar-refractivity contribution < 1.29 is 36.3 Å². The molecule has 0 saturated carbocycles. The van der Waals surface area contributed by atoms with Crippen LogP contribution in [-0.2, 0) is 45.3 Å². The lowest BCUT2D eigenvalue weighted by molar-refractivity contribution is -0.118. The number of alkyl halides is 3. The van der Waals surface area contributed by atoms with Gasteiger partial charge in [-0.15, -0.1) is 22.7 Å². The minimum atomic E-state index is -5.45. The maximum Gasteiger partial charge on any atom is 0.501 e. The van der Waals surface area contributed by atoms with Crippen molar-refractivity contribution in [1.82, 2.24) is 9.97 Å². The molecule has 1 aromatic carbocycles. The Morgan fingerprint density at radius 3 is 2.32 bits per heavy atom. The summed E-state index contributed by atoms with van der Waals surface area (Å²) in [7, 11) is -5.45. The van der Waals surface area contributed by atoms with Crippen LogP contribution in [0.5, 0.6) is 0 Å². The lowest BCUT2D eigenvalue weighted by Crippen LogP contribution is -2.23. The average Bonchev–Trinajstić information content (AvgIpc) is 3.38. The van der Waals surface area contributed by atoms with E-state index in [1.54, 1.807) is 5.38 Å². The molecule has 0 radical (unpaired) electrons. The van der Waals surface area contributed by atoms with Crippen LogP contribution in [0.15, 0.2) is 34.5 Å². The van der Waals surface area contributed by atoms with Gasteiger partial charge < -0.3 is 10.8 Å². The summed E-state index contributed by atoms with van der Waals surface area (Å²) in [4.78, 5) is 32.0. The highest BCUT2D eigenvalue weighted by molar-refractivity contribution is 7.92. The summed E-state index contributed by atoms with van der Waals surface area (Å²) in [5, 5.41) is 12.0. The van der Waals surface area contributed by atoms with Crippen LogP contribution in [0.4, 0.5) is 13.2 Å². The SMILES string of the molecule is NC(=O)CCc1nc(CO)sc1-c1csc(CC(=O)Cc2ccc(S(=O)(=O)C(F)(F)F)cc2)n1. The number of ketones is 1. The molecule has 0 aliphatic heterocycles. The maximum absolute atomic E-state index is 12.6. The number of aliphatic hydroxyl groups is 1. The number of hydrogen-bond acceptors (Lipinski definition) is 9. The molecule has 34 heavy (non-hydrogen) atoms. The number of hydrogen-bond donors (Lipinski definition) is 2. The van der Waals surface area contributed by atoms with Crippen molar-refractivity contribution in [3.63, 3.8) is 0 Å². The molecule has 0 aliphatic carbocycles. The van der Waals surface area contributed by atoms with Crippen LogP contribution < -0.4 is 5.73 Å². The number of benzene rings is 1. The molecular weight excluding hydrogens is 515 g/mol. The number of rotatable bonds is 10. The first-order valence-corrected chi connectivity index (χ1v) is 12.8. The highest BCUT2D eigenvalue weighted by Crippen LogP contribution is 2.33. The number of aryl methyl sites for hydroxylation is 1. The van der Waals surface area contributed by atoms with Crippen molar-refractivity contribution >= 4 is 44.2 Å². The molecule has 0 aliphatic rings. The van der Waals surface area contributed by atoms with Gasteiger partial charge in [-0.1, -0.05) is 12.1 Å². The average molecular weight is 534 g/mol. The van der Waals surface area contributed by atoms with Crippen LogP contribution in [0.3, 0.4) is 0 Å². The Labute approximate surface area is 200 Å². The van der Waals surface area contributed by atoms with E-state index in [9.17, 15) is 36.3 Å². The van der Waals surface area contributed by atoms with Gasteiger partial charge in [0.2, 0.25) is 5.91 Å². The van der Waals surface area contributed by atoms with Gasteiger partial charge in [-0.2, -0.15) is 13.2 Å². The van der Waals surface area contributed by atoms with Crippen molar-refractivity contribution in [2.45, 2.75) is 42.7 Å². The second-order valence-electron chi connectivity index (χ2n) is 7.12. The zero-order chi connectivity index (χ0) is 25.1. The number of nitrogens with two attached hydrogens (primary N) is 1. The fourth-order valence-electron chi connectivity index (χ4n) is 2.95. The van der Waals surface area contributed by atoms with Gasteiger partial charge in [0.05, 0.1) is 34.2 Å². The molecule has 0 atom stereocenters. The molecule has 0 unspecified atom stereocenters. The van der Waals surface area contributed by atoms with E-state index < -0.39 is 26.1 Å². The van der Waals surface area contributed by atoms with Gasteiger partial charge in [-0.3, -0.25) is 9.59 Å². The van der Waals surface area contributed by atoms with Gasteiger partial charge in [0, 0.05) is 18.2 Å². The quantitative estimate of drug-likeness (QED) is 0.408. The largest absolute Gasteiger partial charge is 0.501 e. The Morgan fingerprint density at radius 1 is 1.06 bits per heavy atom. The molecule has 0 spiro atoms. The third kappa shape index (κ3) is 6.05. The Hall–Kier alpha value is -2.68. The van der Waals surface area contributed by atoms with Gasteiger partial charge in [-0.25, -0.2) is 18.4 Å². The molecule has 14 heteroatoms. The minimum absolute atomic E-state index is 0.0322. The van der Waals surface area contributed by atoms with Crippen LogP contribution in [-0.4, -0.2) is 40.7 Å². The van der Waals surface area contributed by atoms with Crippen LogP contribution in [0.1, 0.15) is 27.7 Å². The zero-order valence-electron chi connectivity index (χ0n) is 17.3. The van der Waals surface area contributed by atoms with Gasteiger partial charge >= 0.3 is 5.51 Å². The smallest absolute Gasteiger partial charge is 0.389 e. The molecule has 0 saturated heterocycles. The molecule has 0 fully saturated rings. The van der Waals surface area contributed by atoms with E-state index in [2.05, 4.69) is 9.97 Å². The first-order chi connectivity index (χ1) is 15.9. The number of aromatic nitrogens is 2. The fourth-order valence-corrected chi connectivity index (χ4v) is 5.54. The third-order valence-electron chi connectivity index (χ3n) is 4.56. The van der Waals surface area contributed by atoms with E-state index in [0.717, 1.165) is 12.1 Å². The Morgan fingerprint density at radius 2 is 1.74 bits per heavy atom. The molecule has 1 amide bonds. The zero-order valence-corrected chi connectivity index (χ0v) is 19.8. The normalized spacial score (nSPS) is 12.1. The number of carbonyl (C=O) groups is 2. The van der Waals surface area contributed by atoms with E-state index in [4.69, 9.17) is 5.73 Å². The summed E-state index contributed by atoms with van der Waals surface area (Å²) in [5.41, 5.74) is 1.28. The van der Waals surface area contributed by atoms with E-state index >= 15 is 0 Å². The third-order valence-corrected chi connectivity index (χ3v) is 8.01. The Kier molecular flexibility index (Phi) is 7.85. The second-order valence-corrected chi connectivity index (χ2v) is 11.1. The summed E-state index contributed by atoms with van der Waals surface area (Å²) in [6.07, 6.45) is 0.225. The second kappa shape index (κ2) is 10.3. The first kappa shape index (κ1) is 25.9. The molecule has 2 heterocycles. The molecule has 0 bridgehead atoms. The van der Waals surface area contributed by atoms with E-state index in [1.165, 1.54) is 34.8 Å². The van der Waals surface area contributed by atoms with Crippen LogP contribution in [0, 0.1) is 0 Å². The molecule has 2 aromatic heterocycles. The van der Waals surface area contributed by atoms with Crippen LogP contribution in [0.2, 0.25) is 0 Å². The highest BCUT2D eigenvalue weighted by atomic mass is 32.2. The lowest BCUT2D eigenvalue weighted by atomic mass is 10.1. The number of carbonyl (C=O) groups excluding carboxylic acids is 2. The van der Waals surface area contributed by atoms with E-state index in [-0.39, 0.29) is 38.1 Å². The van der Waals surface area contributed by atoms with Crippen LogP contribution in [0.25, 0.3) is 10.6 Å². The Bertz CT molecular complexity index is 1300. The number of Topliss-reactive ketones (excluding diaryl/α,β-unsaturated/α-hetero) is 1. The summed E-state index contributed by atoms with van der Waals surface area (Å²) in [6.45, 7) is -0.271. The van der Waals surface area contributed by atoms with Crippen molar-refractivity contribution in [2.75, 3.05) is 0 Å². The van der Waals surface area contributed by atoms with Crippen LogP contribution >= 0.6 is 22.7 Å². The predicted octanol–water partition coefficient (Wildman–Crippen LogP) is 2.82. The van der Waals surface area contributed by atoms with Crippen molar-refractivity contribution in [3.8, 4) is 10.6 Å². The molecular formula is C20H18F3N3O5S3. The summed E-state index contributed by atoms with van der Waals surface area (Å²) in [5.74, 6) is -0.750. The van der Waals surface area contributed by atoms with E-state index in [0.29, 0.717) is 31.8 Å². The molecule has 3 aromatic rings. The van der Waals surface area contributed by atoms with Gasteiger partial charge in [0.15, 0.2) is 0 Å². The topological polar surface area (TPSA) is 140 Å². The number of sulfone groups is 1. The first-order valence-electron chi connectivity index (χ1n) is 9.65. The van der Waals surface area contributed by atoms with Crippen molar-refractivity contribution in [3.05, 3.63) is 50.9 Å². The number of thiazole rings is 2. The van der Waals surface area contributed by atoms with Gasteiger partial charge in [-0.05, 0) is 24.1 Å². The molecule has 3 N–H and O–H groups in total. The van der Waals surface area contributed by atoms with E-state index in [1.807, 2.05) is 0 Å². The summed E-state index contributed by atoms with van der Waals surface area (Å²) >= 11 is 2.45. The number of nitrogens with zero attached hydrogens (tertiary/aromatic N) is 2. The minimum Gasteiger partial charge on any atom is -0.389 e. The fraction of sp³-hybridized carbons (Fsp3) is 0.300.